The number of hydrogen-bond donors (Lipinski definition) is 2. The number of nitrogens with zero attached hydrogens (tertiary/aromatic N) is 2. The summed E-state index contributed by atoms with van der Waals surface area (Å²) in [6.07, 6.45) is 0. The van der Waals surface area contributed by atoms with Gasteiger partial charge in [0, 0.05) is 17.5 Å². The van der Waals surface area contributed by atoms with Gasteiger partial charge in [-0.25, -0.2) is 9.97 Å². The van der Waals surface area contributed by atoms with Crippen molar-refractivity contribution in [3.63, 3.8) is 0 Å². The lowest BCUT2D eigenvalue weighted by Crippen LogP contribution is -2.09. The third-order valence-electron chi connectivity index (χ3n) is 2.58. The average Bonchev–Trinajstić information content (AvgIpc) is 2.75. The van der Waals surface area contributed by atoms with Crippen LogP contribution in [0.2, 0.25) is 4.34 Å². The second-order valence-corrected chi connectivity index (χ2v) is 5.97. The number of hydrogen-bond acceptors (Lipinski definition) is 5. The second-order valence-electron chi connectivity index (χ2n) is 4.22. The van der Waals surface area contributed by atoms with Crippen LogP contribution in [0, 0.1) is 6.92 Å². The Balaban J connectivity index is 2.14. The summed E-state index contributed by atoms with van der Waals surface area (Å²) in [6.45, 7) is 6.86. The summed E-state index contributed by atoms with van der Waals surface area (Å²) in [6, 6.07) is 6.03. The second kappa shape index (κ2) is 6.21. The molecule has 0 aliphatic rings. The Morgan fingerprint density at radius 2 is 2.05 bits per heavy atom. The van der Waals surface area contributed by atoms with Crippen LogP contribution < -0.4 is 10.6 Å². The Kier molecular flexibility index (Phi) is 4.61. The van der Waals surface area contributed by atoms with E-state index >= 15 is 0 Å². The van der Waals surface area contributed by atoms with Gasteiger partial charge >= 0.3 is 0 Å². The van der Waals surface area contributed by atoms with Crippen molar-refractivity contribution in [1.29, 1.82) is 0 Å². The molecule has 0 aromatic carbocycles. The van der Waals surface area contributed by atoms with Gasteiger partial charge in [-0.05, 0) is 32.9 Å². The highest BCUT2D eigenvalue weighted by molar-refractivity contribution is 7.16. The van der Waals surface area contributed by atoms with E-state index in [1.54, 1.807) is 11.3 Å². The Labute approximate surface area is 122 Å². The molecule has 0 saturated carbocycles. The molecule has 4 nitrogen and oxygen atoms in total. The van der Waals surface area contributed by atoms with Gasteiger partial charge in [-0.1, -0.05) is 11.6 Å². The highest BCUT2D eigenvalue weighted by Gasteiger charge is 2.10. The van der Waals surface area contributed by atoms with Crippen LogP contribution in [-0.2, 0) is 0 Å². The van der Waals surface area contributed by atoms with Gasteiger partial charge in [-0.15, -0.1) is 11.3 Å². The number of halogens is 1. The summed E-state index contributed by atoms with van der Waals surface area (Å²) < 4.78 is 0.802. The predicted octanol–water partition coefficient (Wildman–Crippen LogP) is 4.10. The third kappa shape index (κ3) is 3.81. The first-order valence-corrected chi connectivity index (χ1v) is 7.39. The monoisotopic (exact) mass is 296 g/mol. The summed E-state index contributed by atoms with van der Waals surface area (Å²) in [5.74, 6) is 2.41. The minimum atomic E-state index is 0.168. The molecule has 2 rings (SSSR count). The van der Waals surface area contributed by atoms with E-state index in [4.69, 9.17) is 11.6 Å². The maximum atomic E-state index is 5.95. The highest BCUT2D eigenvalue weighted by Crippen LogP contribution is 2.28. The molecule has 19 heavy (non-hydrogen) atoms. The molecule has 0 saturated heterocycles. The van der Waals surface area contributed by atoms with Crippen LogP contribution in [0.25, 0.3) is 0 Å². The van der Waals surface area contributed by atoms with Gasteiger partial charge in [-0.3, -0.25) is 0 Å². The molecular formula is C13H17ClN4S. The first-order chi connectivity index (χ1) is 9.08. The number of aryl methyl sites for hydroxylation is 1. The Hall–Kier alpha value is -1.33. The molecule has 0 aliphatic heterocycles. The van der Waals surface area contributed by atoms with Crippen molar-refractivity contribution < 1.29 is 0 Å². The van der Waals surface area contributed by atoms with Crippen LogP contribution in [-0.4, -0.2) is 16.5 Å². The molecule has 0 bridgehead atoms. The van der Waals surface area contributed by atoms with E-state index in [0.29, 0.717) is 0 Å². The van der Waals surface area contributed by atoms with Gasteiger partial charge in [0.05, 0.1) is 10.4 Å². The van der Waals surface area contributed by atoms with Crippen LogP contribution in [0.5, 0.6) is 0 Å². The van der Waals surface area contributed by atoms with E-state index in [9.17, 15) is 0 Å². The van der Waals surface area contributed by atoms with E-state index < -0.39 is 0 Å². The van der Waals surface area contributed by atoms with Gasteiger partial charge in [0.25, 0.3) is 0 Å². The minimum Gasteiger partial charge on any atom is -0.370 e. The molecule has 2 aromatic heterocycles. The van der Waals surface area contributed by atoms with Crippen LogP contribution in [0.1, 0.15) is 30.6 Å². The number of anilines is 2. The van der Waals surface area contributed by atoms with E-state index in [2.05, 4.69) is 27.5 Å². The van der Waals surface area contributed by atoms with Crippen LogP contribution in [0.4, 0.5) is 11.6 Å². The molecule has 2 N–H and O–H groups in total. The smallest absolute Gasteiger partial charge is 0.132 e. The first-order valence-electron chi connectivity index (χ1n) is 6.20. The Morgan fingerprint density at radius 3 is 2.68 bits per heavy atom. The molecule has 6 heteroatoms. The Bertz CT molecular complexity index is 555. The fourth-order valence-electron chi connectivity index (χ4n) is 1.77. The molecule has 0 radical (unpaired) electrons. The van der Waals surface area contributed by atoms with E-state index in [1.807, 2.05) is 32.0 Å². The molecule has 0 amide bonds. The minimum absolute atomic E-state index is 0.168. The quantitative estimate of drug-likeness (QED) is 0.872. The summed E-state index contributed by atoms with van der Waals surface area (Å²) >= 11 is 7.53. The van der Waals surface area contributed by atoms with Gasteiger partial charge in [0.15, 0.2) is 0 Å². The van der Waals surface area contributed by atoms with Gasteiger partial charge in [0.1, 0.15) is 17.5 Å². The van der Waals surface area contributed by atoms with Crippen molar-refractivity contribution in [2.24, 2.45) is 0 Å². The fourth-order valence-corrected chi connectivity index (χ4v) is 2.83. The van der Waals surface area contributed by atoms with Crippen molar-refractivity contribution >= 4 is 34.6 Å². The zero-order chi connectivity index (χ0) is 13.8. The summed E-state index contributed by atoms with van der Waals surface area (Å²) in [5.41, 5.74) is 0. The topological polar surface area (TPSA) is 49.8 Å². The highest BCUT2D eigenvalue weighted by atomic mass is 35.5. The lowest BCUT2D eigenvalue weighted by atomic mass is 10.3. The number of aromatic nitrogens is 2. The number of nitrogens with one attached hydrogen (secondary N) is 2. The molecule has 1 atom stereocenters. The zero-order valence-corrected chi connectivity index (χ0v) is 12.8. The van der Waals surface area contributed by atoms with E-state index in [1.165, 1.54) is 4.88 Å². The van der Waals surface area contributed by atoms with Gasteiger partial charge in [0.2, 0.25) is 0 Å². The molecule has 0 fully saturated rings. The molecule has 102 valence electrons. The third-order valence-corrected chi connectivity index (χ3v) is 3.99. The summed E-state index contributed by atoms with van der Waals surface area (Å²) in [4.78, 5) is 9.91. The SMILES string of the molecule is CCNc1cc(NC(C)c2ccc(Cl)s2)nc(C)n1. The summed E-state index contributed by atoms with van der Waals surface area (Å²) in [7, 11) is 0. The van der Waals surface area contributed by atoms with Crippen molar-refractivity contribution in [2.75, 3.05) is 17.2 Å². The standard InChI is InChI=1S/C13H17ClN4S/c1-4-15-12-7-13(18-9(3)17-12)16-8(2)10-5-6-11(14)19-10/h5-8H,4H2,1-3H3,(H2,15,16,17,18). The molecule has 2 heterocycles. The van der Waals surface area contributed by atoms with E-state index in [-0.39, 0.29) is 6.04 Å². The van der Waals surface area contributed by atoms with Crippen molar-refractivity contribution in [1.82, 2.24) is 9.97 Å². The maximum absolute atomic E-state index is 5.95. The predicted molar refractivity (Wildman–Crippen MR) is 82.3 cm³/mol. The average molecular weight is 297 g/mol. The van der Waals surface area contributed by atoms with Crippen LogP contribution in [0.3, 0.4) is 0 Å². The molecule has 0 aliphatic carbocycles. The van der Waals surface area contributed by atoms with Crippen molar-refractivity contribution in [2.45, 2.75) is 26.8 Å². The van der Waals surface area contributed by atoms with Crippen molar-refractivity contribution in [3.8, 4) is 0 Å². The number of thiophene rings is 1. The van der Waals surface area contributed by atoms with Gasteiger partial charge in [-0.2, -0.15) is 0 Å². The molecular weight excluding hydrogens is 280 g/mol. The normalized spacial score (nSPS) is 12.2. The Morgan fingerprint density at radius 1 is 1.32 bits per heavy atom. The molecule has 0 spiro atoms. The van der Waals surface area contributed by atoms with E-state index in [0.717, 1.165) is 28.3 Å². The lowest BCUT2D eigenvalue weighted by Gasteiger charge is -2.14. The largest absolute Gasteiger partial charge is 0.370 e. The van der Waals surface area contributed by atoms with Crippen molar-refractivity contribution in [3.05, 3.63) is 33.2 Å². The molecule has 1 unspecified atom stereocenters. The first kappa shape index (κ1) is 14.1. The zero-order valence-electron chi connectivity index (χ0n) is 11.2. The van der Waals surface area contributed by atoms with Gasteiger partial charge < -0.3 is 10.6 Å². The number of rotatable bonds is 5. The van der Waals surface area contributed by atoms with Crippen LogP contribution >= 0.6 is 22.9 Å². The lowest BCUT2D eigenvalue weighted by molar-refractivity contribution is 0.886. The summed E-state index contributed by atoms with van der Waals surface area (Å²) in [5, 5.41) is 6.57. The maximum Gasteiger partial charge on any atom is 0.132 e. The van der Waals surface area contributed by atoms with Crippen LogP contribution in [0.15, 0.2) is 18.2 Å². The molecule has 2 aromatic rings. The fraction of sp³-hybridized carbons (Fsp3) is 0.385.